The lowest BCUT2D eigenvalue weighted by Crippen LogP contribution is -1.87. The topological polar surface area (TPSA) is 25.8 Å². The summed E-state index contributed by atoms with van der Waals surface area (Å²) in [6, 6.07) is 0. The first kappa shape index (κ1) is 18.0. The average Bonchev–Trinajstić information content (AvgIpc) is 2.78. The van der Waals surface area contributed by atoms with Crippen molar-refractivity contribution in [3.63, 3.8) is 0 Å². The minimum absolute atomic E-state index is 0.783. The number of aromatic nitrogens is 2. The summed E-state index contributed by atoms with van der Waals surface area (Å²) in [4.78, 5) is 0. The second-order valence-corrected chi connectivity index (χ2v) is 11.3. The molecule has 0 aliphatic heterocycles. The molecular weight excluding hydrogens is 332 g/mol. The van der Waals surface area contributed by atoms with E-state index in [2.05, 4.69) is 37.9 Å². The average molecular weight is 355 g/mol. The van der Waals surface area contributed by atoms with E-state index in [1.165, 1.54) is 24.3 Å². The molecule has 0 spiro atoms. The van der Waals surface area contributed by atoms with Crippen LogP contribution in [-0.2, 0) is 0 Å². The minimum atomic E-state index is 0.783. The van der Waals surface area contributed by atoms with E-state index in [-0.39, 0.29) is 0 Å². The zero-order valence-corrected chi connectivity index (χ0v) is 16.0. The van der Waals surface area contributed by atoms with Gasteiger partial charge in [-0.05, 0) is 46.3 Å². The van der Waals surface area contributed by atoms with E-state index < -0.39 is 0 Å². The highest BCUT2D eigenvalue weighted by Crippen LogP contribution is 2.39. The first-order valence-electron chi connectivity index (χ1n) is 6.50. The molecule has 0 unspecified atom stereocenters. The number of nitrogens with zero attached hydrogens (tertiary/aromatic N) is 2. The van der Waals surface area contributed by atoms with Crippen molar-refractivity contribution in [2.24, 2.45) is 11.8 Å². The monoisotopic (exact) mass is 354 g/mol. The molecule has 1 rings (SSSR count). The molecule has 0 bridgehead atoms. The fourth-order valence-corrected chi connectivity index (χ4v) is 7.25. The molecule has 0 saturated heterocycles. The zero-order chi connectivity index (χ0) is 14.1. The fourth-order valence-electron chi connectivity index (χ4n) is 1.02. The maximum Gasteiger partial charge on any atom is 0.185 e. The Morgan fingerprint density at radius 1 is 0.842 bits per heavy atom. The molecule has 0 aliphatic carbocycles. The molecule has 7 heteroatoms. The van der Waals surface area contributed by atoms with Crippen molar-refractivity contribution in [1.82, 2.24) is 10.2 Å². The Morgan fingerprint density at radius 2 is 1.26 bits per heavy atom. The second kappa shape index (κ2) is 10.7. The van der Waals surface area contributed by atoms with Gasteiger partial charge in [0.05, 0.1) is 0 Å². The van der Waals surface area contributed by atoms with Gasteiger partial charge in [-0.2, -0.15) is 0 Å². The summed E-state index contributed by atoms with van der Waals surface area (Å²) in [5.41, 5.74) is 0. The number of rotatable bonds is 10. The molecule has 1 heterocycles. The Bertz CT molecular complexity index is 310. The van der Waals surface area contributed by atoms with E-state index >= 15 is 0 Å². The van der Waals surface area contributed by atoms with Crippen LogP contribution in [0.25, 0.3) is 0 Å². The van der Waals surface area contributed by atoms with Gasteiger partial charge in [-0.1, -0.05) is 60.6 Å². The molecule has 1 aromatic heterocycles. The Hall–Kier alpha value is 0.960. The molecule has 0 atom stereocenters. The smallest absolute Gasteiger partial charge is 0.130 e. The summed E-state index contributed by atoms with van der Waals surface area (Å²) in [6.45, 7) is 9.05. The van der Waals surface area contributed by atoms with Gasteiger partial charge in [0.1, 0.15) is 0 Å². The maximum atomic E-state index is 4.22. The van der Waals surface area contributed by atoms with Gasteiger partial charge in [0.2, 0.25) is 0 Å². The van der Waals surface area contributed by atoms with Gasteiger partial charge in [0, 0.05) is 11.5 Å². The van der Waals surface area contributed by atoms with E-state index in [0.29, 0.717) is 0 Å². The van der Waals surface area contributed by atoms with Crippen molar-refractivity contribution >= 4 is 54.5 Å². The Kier molecular flexibility index (Phi) is 10.1. The molecule has 0 aliphatic rings. The molecule has 0 radical (unpaired) electrons. The normalized spacial score (nSPS) is 11.7. The number of hydrogen-bond donors (Lipinski definition) is 0. The third kappa shape index (κ3) is 9.50. The summed E-state index contributed by atoms with van der Waals surface area (Å²) in [6.07, 6.45) is 2.53. The van der Waals surface area contributed by atoms with E-state index in [1.54, 1.807) is 32.9 Å². The van der Waals surface area contributed by atoms with E-state index in [1.807, 2.05) is 21.6 Å². The molecule has 0 amide bonds. The third-order valence-corrected chi connectivity index (χ3v) is 8.49. The lowest BCUT2D eigenvalue weighted by molar-refractivity contribution is 0.632. The Morgan fingerprint density at radius 3 is 1.63 bits per heavy atom. The summed E-state index contributed by atoms with van der Waals surface area (Å²) >= 11 is 1.71. The first-order valence-corrected chi connectivity index (χ1v) is 12.0. The highest BCUT2D eigenvalue weighted by Gasteiger charge is 2.07. The zero-order valence-electron chi connectivity index (χ0n) is 11.9. The predicted molar refractivity (Wildman–Crippen MR) is 95.4 cm³/mol. The van der Waals surface area contributed by atoms with Crippen molar-refractivity contribution in [2.75, 3.05) is 11.5 Å². The van der Waals surface area contributed by atoms with Crippen LogP contribution in [-0.4, -0.2) is 21.7 Å². The van der Waals surface area contributed by atoms with Crippen LogP contribution in [0.5, 0.6) is 0 Å². The summed E-state index contributed by atoms with van der Waals surface area (Å²) in [7, 11) is 7.31. The standard InChI is InChI=1S/C12H22N2S5/c1-9(2)5-7-15-18-11-13-14-12(17-11)19-16-8-6-10(3)4/h9-10H,5-8H2,1-4H3. The summed E-state index contributed by atoms with van der Waals surface area (Å²) in [5, 5.41) is 8.45. The van der Waals surface area contributed by atoms with Crippen molar-refractivity contribution in [1.29, 1.82) is 0 Å². The first-order chi connectivity index (χ1) is 9.08. The number of hydrogen-bond acceptors (Lipinski definition) is 7. The quantitative estimate of drug-likeness (QED) is 0.371. The summed E-state index contributed by atoms with van der Waals surface area (Å²) in [5.74, 6) is 3.94. The lowest BCUT2D eigenvalue weighted by atomic mass is 10.2. The molecule has 0 aromatic carbocycles. The lowest BCUT2D eigenvalue weighted by Gasteiger charge is -2.01. The van der Waals surface area contributed by atoms with Gasteiger partial charge in [-0.25, -0.2) is 0 Å². The van der Waals surface area contributed by atoms with Gasteiger partial charge < -0.3 is 0 Å². The van der Waals surface area contributed by atoms with E-state index in [4.69, 9.17) is 0 Å². The molecule has 0 saturated carbocycles. The van der Waals surface area contributed by atoms with Crippen LogP contribution in [0.1, 0.15) is 40.5 Å². The van der Waals surface area contributed by atoms with Gasteiger partial charge in [-0.3, -0.25) is 0 Å². The van der Waals surface area contributed by atoms with Crippen LogP contribution in [0.15, 0.2) is 8.68 Å². The molecule has 0 N–H and O–H groups in total. The molecular formula is C12H22N2S5. The molecule has 2 nitrogen and oxygen atoms in total. The molecule has 0 fully saturated rings. The van der Waals surface area contributed by atoms with E-state index in [9.17, 15) is 0 Å². The van der Waals surface area contributed by atoms with E-state index in [0.717, 1.165) is 20.5 Å². The highest BCUT2D eigenvalue weighted by molar-refractivity contribution is 8.77. The van der Waals surface area contributed by atoms with Crippen LogP contribution in [0.4, 0.5) is 0 Å². The Balaban J connectivity index is 2.14. The molecule has 19 heavy (non-hydrogen) atoms. The predicted octanol–water partition coefficient (Wildman–Crippen LogP) is 6.11. The second-order valence-electron chi connectivity index (χ2n) is 5.01. The SMILES string of the molecule is CC(C)CCSSc1nnc(SSCCC(C)C)s1. The maximum absolute atomic E-state index is 4.22. The van der Waals surface area contributed by atoms with Gasteiger partial charge in [-0.15, -0.1) is 10.2 Å². The van der Waals surface area contributed by atoms with Crippen LogP contribution in [0.3, 0.4) is 0 Å². The molecule has 110 valence electrons. The van der Waals surface area contributed by atoms with Crippen LogP contribution >= 0.6 is 54.5 Å². The van der Waals surface area contributed by atoms with Gasteiger partial charge in [0.25, 0.3) is 0 Å². The van der Waals surface area contributed by atoms with Crippen molar-refractivity contribution < 1.29 is 0 Å². The van der Waals surface area contributed by atoms with Crippen LogP contribution in [0, 0.1) is 11.8 Å². The van der Waals surface area contributed by atoms with Crippen molar-refractivity contribution in [3.05, 3.63) is 0 Å². The van der Waals surface area contributed by atoms with Crippen molar-refractivity contribution in [2.45, 2.75) is 49.2 Å². The third-order valence-electron chi connectivity index (χ3n) is 2.21. The van der Waals surface area contributed by atoms with Gasteiger partial charge >= 0.3 is 0 Å². The highest BCUT2D eigenvalue weighted by atomic mass is 33.1. The fraction of sp³-hybridized carbons (Fsp3) is 0.833. The minimum Gasteiger partial charge on any atom is -0.130 e. The largest absolute Gasteiger partial charge is 0.185 e. The van der Waals surface area contributed by atoms with Crippen LogP contribution in [0.2, 0.25) is 0 Å². The summed E-state index contributed by atoms with van der Waals surface area (Å²) < 4.78 is 2.17. The van der Waals surface area contributed by atoms with Crippen molar-refractivity contribution in [3.8, 4) is 0 Å². The molecule has 1 aromatic rings. The Labute approximate surface area is 136 Å². The van der Waals surface area contributed by atoms with Gasteiger partial charge in [0.15, 0.2) is 8.68 Å². The van der Waals surface area contributed by atoms with Crippen LogP contribution < -0.4 is 0 Å².